The summed E-state index contributed by atoms with van der Waals surface area (Å²) in [7, 11) is 3.83. The van der Waals surface area contributed by atoms with Crippen LogP contribution < -0.4 is 10.2 Å². The molecule has 0 aliphatic heterocycles. The SMILES string of the molecule is C[C@H](OC(=O)/C(C#N)=C/c1ccc(N(C)C)cc1)C(=O)N[C@H](C)c1ccc(Cl)cc1Cl. The number of rotatable bonds is 7. The van der Waals surface area contributed by atoms with E-state index in [-0.39, 0.29) is 5.57 Å². The average molecular weight is 460 g/mol. The Balaban J connectivity index is 2.03. The van der Waals surface area contributed by atoms with Gasteiger partial charge in [0, 0.05) is 29.8 Å². The number of anilines is 1. The fourth-order valence-corrected chi connectivity index (χ4v) is 3.28. The maximum absolute atomic E-state index is 12.4. The van der Waals surface area contributed by atoms with E-state index < -0.39 is 24.0 Å². The first-order chi connectivity index (χ1) is 14.6. The molecule has 0 aliphatic carbocycles. The number of esters is 1. The Morgan fingerprint density at radius 2 is 1.77 bits per heavy atom. The average Bonchev–Trinajstić information content (AvgIpc) is 2.71. The van der Waals surface area contributed by atoms with E-state index in [1.807, 2.05) is 37.2 Å². The van der Waals surface area contributed by atoms with Crippen molar-refractivity contribution in [2.24, 2.45) is 0 Å². The molecule has 6 nitrogen and oxygen atoms in total. The zero-order chi connectivity index (χ0) is 23.1. The van der Waals surface area contributed by atoms with E-state index in [0.29, 0.717) is 21.2 Å². The summed E-state index contributed by atoms with van der Waals surface area (Å²) in [5.74, 6) is -1.39. The molecule has 2 aromatic rings. The zero-order valence-electron chi connectivity index (χ0n) is 17.6. The predicted molar refractivity (Wildman–Crippen MR) is 123 cm³/mol. The number of hydrogen-bond donors (Lipinski definition) is 1. The third-order valence-corrected chi connectivity index (χ3v) is 5.06. The normalized spacial score (nSPS) is 13.0. The van der Waals surface area contributed by atoms with Crippen molar-refractivity contribution in [3.05, 3.63) is 69.2 Å². The van der Waals surface area contributed by atoms with Crippen LogP contribution in [0.2, 0.25) is 10.0 Å². The molecule has 0 saturated heterocycles. The second-order valence-corrected chi connectivity index (χ2v) is 7.94. The molecule has 2 atom stereocenters. The monoisotopic (exact) mass is 459 g/mol. The molecule has 2 aromatic carbocycles. The van der Waals surface area contributed by atoms with E-state index in [2.05, 4.69) is 5.32 Å². The van der Waals surface area contributed by atoms with Crippen LogP contribution in [0.15, 0.2) is 48.0 Å². The van der Waals surface area contributed by atoms with Crippen LogP contribution in [0.25, 0.3) is 6.08 Å². The lowest BCUT2D eigenvalue weighted by molar-refractivity contribution is -0.151. The van der Waals surface area contributed by atoms with Crippen molar-refractivity contribution < 1.29 is 14.3 Å². The van der Waals surface area contributed by atoms with Gasteiger partial charge in [-0.2, -0.15) is 5.26 Å². The third-order valence-electron chi connectivity index (χ3n) is 4.50. The van der Waals surface area contributed by atoms with Gasteiger partial charge in [0.15, 0.2) is 6.10 Å². The van der Waals surface area contributed by atoms with Crippen LogP contribution >= 0.6 is 23.2 Å². The Morgan fingerprint density at radius 1 is 1.13 bits per heavy atom. The number of carbonyl (C=O) groups is 2. The van der Waals surface area contributed by atoms with E-state index in [1.165, 1.54) is 13.0 Å². The van der Waals surface area contributed by atoms with Crippen LogP contribution in [0.5, 0.6) is 0 Å². The second kappa shape index (κ2) is 10.9. The van der Waals surface area contributed by atoms with Gasteiger partial charge in [-0.05, 0) is 55.3 Å². The van der Waals surface area contributed by atoms with Crippen LogP contribution in [0.4, 0.5) is 5.69 Å². The van der Waals surface area contributed by atoms with E-state index >= 15 is 0 Å². The molecule has 8 heteroatoms. The fraction of sp³-hybridized carbons (Fsp3) is 0.261. The van der Waals surface area contributed by atoms with E-state index in [4.69, 9.17) is 27.9 Å². The summed E-state index contributed by atoms with van der Waals surface area (Å²) in [6, 6.07) is 13.7. The Hall–Kier alpha value is -3.01. The highest BCUT2D eigenvalue weighted by Gasteiger charge is 2.23. The lowest BCUT2D eigenvalue weighted by Gasteiger charge is -2.19. The minimum absolute atomic E-state index is 0.203. The summed E-state index contributed by atoms with van der Waals surface area (Å²) in [5.41, 5.74) is 2.13. The molecule has 0 bridgehead atoms. The number of amides is 1. The Kier molecular flexibility index (Phi) is 8.49. The second-order valence-electron chi connectivity index (χ2n) is 7.10. The molecule has 0 radical (unpaired) electrons. The fourth-order valence-electron chi connectivity index (χ4n) is 2.71. The summed E-state index contributed by atoms with van der Waals surface area (Å²) < 4.78 is 5.18. The lowest BCUT2D eigenvalue weighted by Crippen LogP contribution is -2.37. The van der Waals surface area contributed by atoms with Crippen molar-refractivity contribution in [3.8, 4) is 6.07 Å². The van der Waals surface area contributed by atoms with Crippen molar-refractivity contribution >= 4 is 46.8 Å². The zero-order valence-corrected chi connectivity index (χ0v) is 19.2. The van der Waals surface area contributed by atoms with Crippen LogP contribution in [-0.4, -0.2) is 32.1 Å². The Morgan fingerprint density at radius 3 is 2.32 bits per heavy atom. The minimum atomic E-state index is -1.10. The number of halogens is 2. The predicted octanol–water partition coefficient (Wildman–Crippen LogP) is 4.78. The summed E-state index contributed by atoms with van der Waals surface area (Å²) in [6.07, 6.45) is 0.316. The number of nitriles is 1. The molecule has 0 aromatic heterocycles. The van der Waals surface area contributed by atoms with Gasteiger partial charge in [0.1, 0.15) is 11.6 Å². The molecule has 1 N–H and O–H groups in total. The molecule has 0 fully saturated rings. The van der Waals surface area contributed by atoms with Gasteiger partial charge < -0.3 is 15.0 Å². The van der Waals surface area contributed by atoms with E-state index in [9.17, 15) is 14.9 Å². The smallest absolute Gasteiger partial charge is 0.349 e. The molecule has 0 unspecified atom stereocenters. The quantitative estimate of drug-likeness (QED) is 0.366. The molecule has 0 spiro atoms. The van der Waals surface area contributed by atoms with Gasteiger partial charge in [-0.25, -0.2) is 4.79 Å². The van der Waals surface area contributed by atoms with Gasteiger partial charge in [-0.1, -0.05) is 41.4 Å². The van der Waals surface area contributed by atoms with Gasteiger partial charge in [-0.15, -0.1) is 0 Å². The molecule has 162 valence electrons. The molecular weight excluding hydrogens is 437 g/mol. The van der Waals surface area contributed by atoms with Gasteiger partial charge >= 0.3 is 5.97 Å². The number of nitrogens with zero attached hydrogens (tertiary/aromatic N) is 2. The molecule has 2 rings (SSSR count). The molecule has 0 heterocycles. The van der Waals surface area contributed by atoms with Crippen molar-refractivity contribution in [1.82, 2.24) is 5.32 Å². The minimum Gasteiger partial charge on any atom is -0.448 e. The number of ether oxygens (including phenoxy) is 1. The third kappa shape index (κ3) is 6.74. The number of benzene rings is 2. The number of hydrogen-bond acceptors (Lipinski definition) is 5. The topological polar surface area (TPSA) is 82.4 Å². The van der Waals surface area contributed by atoms with E-state index in [1.54, 1.807) is 37.3 Å². The van der Waals surface area contributed by atoms with Crippen molar-refractivity contribution in [1.29, 1.82) is 5.26 Å². The highest BCUT2D eigenvalue weighted by molar-refractivity contribution is 6.35. The van der Waals surface area contributed by atoms with Crippen LogP contribution in [-0.2, 0) is 14.3 Å². The lowest BCUT2D eigenvalue weighted by atomic mass is 10.1. The van der Waals surface area contributed by atoms with Crippen LogP contribution in [0.1, 0.15) is 31.0 Å². The first-order valence-electron chi connectivity index (χ1n) is 9.48. The Labute approximate surface area is 192 Å². The summed E-state index contributed by atoms with van der Waals surface area (Å²) >= 11 is 12.1. The van der Waals surface area contributed by atoms with Gasteiger partial charge in [0.05, 0.1) is 6.04 Å². The van der Waals surface area contributed by atoms with Gasteiger partial charge in [0.25, 0.3) is 5.91 Å². The number of nitrogens with one attached hydrogen (secondary N) is 1. The maximum atomic E-state index is 12.4. The molecule has 0 aliphatic rings. The summed E-state index contributed by atoms with van der Waals surface area (Å²) in [6.45, 7) is 3.18. The maximum Gasteiger partial charge on any atom is 0.349 e. The number of carbonyl (C=O) groups excluding carboxylic acids is 2. The van der Waals surface area contributed by atoms with Crippen molar-refractivity contribution in [2.45, 2.75) is 26.0 Å². The first-order valence-corrected chi connectivity index (χ1v) is 10.2. The van der Waals surface area contributed by atoms with Gasteiger partial charge in [0.2, 0.25) is 0 Å². The van der Waals surface area contributed by atoms with Gasteiger partial charge in [-0.3, -0.25) is 4.79 Å². The van der Waals surface area contributed by atoms with Crippen molar-refractivity contribution in [3.63, 3.8) is 0 Å². The molecular formula is C23H23Cl2N3O3. The largest absolute Gasteiger partial charge is 0.448 e. The van der Waals surface area contributed by atoms with E-state index in [0.717, 1.165) is 5.69 Å². The van der Waals surface area contributed by atoms with Crippen molar-refractivity contribution in [2.75, 3.05) is 19.0 Å². The molecule has 1 amide bonds. The van der Waals surface area contributed by atoms with Crippen LogP contribution in [0, 0.1) is 11.3 Å². The summed E-state index contributed by atoms with van der Waals surface area (Å²) in [5, 5.41) is 13.0. The Bertz CT molecular complexity index is 1030. The highest BCUT2D eigenvalue weighted by atomic mass is 35.5. The van der Waals surface area contributed by atoms with Crippen LogP contribution in [0.3, 0.4) is 0 Å². The molecule has 31 heavy (non-hydrogen) atoms. The first kappa shape index (κ1) is 24.3. The highest BCUT2D eigenvalue weighted by Crippen LogP contribution is 2.26. The summed E-state index contributed by atoms with van der Waals surface area (Å²) in [4.78, 5) is 26.8. The molecule has 0 saturated carbocycles. The standard InChI is InChI=1S/C23H23Cl2N3O3/c1-14(20-10-7-18(24)12-21(20)25)27-22(29)15(2)31-23(30)17(13-26)11-16-5-8-19(9-6-16)28(3)4/h5-12,14-15H,1-4H3,(H,27,29)/b17-11+/t14-,15+/m1/s1.